The first-order valence-corrected chi connectivity index (χ1v) is 13.3. The lowest BCUT2D eigenvalue weighted by Gasteiger charge is -2.06. The van der Waals surface area contributed by atoms with Gasteiger partial charge in [0.25, 0.3) is 0 Å². The van der Waals surface area contributed by atoms with Crippen LogP contribution in [0.3, 0.4) is 0 Å². The standard InChI is InChI=1S/C14H10ClN3.C8H4BrClN2.C6H8BNO2/c15-14-17-8-10-4-2-6-12(13(10)18-14)9-3-1-5-11(16)7-9;9-6-3-1-2-5-4-11-8(10)12-7(5)6;8-6-3-1-2-5(4-6)7(9)10/h1-8H,16H2;1-4H;1-4,9-10H,8H2. The van der Waals surface area contributed by atoms with Crippen LogP contribution in [0.2, 0.25) is 10.6 Å². The van der Waals surface area contributed by atoms with Gasteiger partial charge in [-0.15, -0.1) is 0 Å². The van der Waals surface area contributed by atoms with Crippen LogP contribution in [0, 0.1) is 0 Å². The molecule has 2 heterocycles. The van der Waals surface area contributed by atoms with Gasteiger partial charge in [0, 0.05) is 44.6 Å². The molecule has 200 valence electrons. The maximum Gasteiger partial charge on any atom is 0.488 e. The van der Waals surface area contributed by atoms with E-state index in [1.165, 1.54) is 6.07 Å². The van der Waals surface area contributed by atoms with Crippen molar-refractivity contribution >= 4 is 84.9 Å². The molecule has 8 nitrogen and oxygen atoms in total. The van der Waals surface area contributed by atoms with E-state index >= 15 is 0 Å². The van der Waals surface area contributed by atoms with Crippen molar-refractivity contribution < 1.29 is 10.0 Å². The fraction of sp³-hybridized carbons (Fsp3) is 0. The fourth-order valence-corrected chi connectivity index (χ4v) is 4.43. The van der Waals surface area contributed by atoms with E-state index in [0.29, 0.717) is 11.2 Å². The second-order valence-corrected chi connectivity index (χ2v) is 9.90. The third kappa shape index (κ3) is 7.65. The quantitative estimate of drug-likeness (QED) is 0.111. The van der Waals surface area contributed by atoms with Gasteiger partial charge in [-0.05, 0) is 80.5 Å². The Hall–Kier alpha value is -3.80. The smallest absolute Gasteiger partial charge is 0.423 e. The Bertz CT molecular complexity index is 1780. The molecule has 6 rings (SSSR count). The van der Waals surface area contributed by atoms with Gasteiger partial charge in [-0.25, -0.2) is 19.9 Å². The van der Waals surface area contributed by atoms with E-state index in [1.54, 1.807) is 30.6 Å². The molecule has 2 aromatic heterocycles. The van der Waals surface area contributed by atoms with E-state index in [2.05, 4.69) is 35.9 Å². The van der Waals surface area contributed by atoms with Crippen molar-refractivity contribution in [2.24, 2.45) is 0 Å². The van der Waals surface area contributed by atoms with E-state index in [-0.39, 0.29) is 10.6 Å². The van der Waals surface area contributed by atoms with E-state index in [9.17, 15) is 0 Å². The molecule has 0 atom stereocenters. The number of nitrogen functional groups attached to an aromatic ring is 2. The predicted octanol–water partition coefficient (Wildman–Crippen LogP) is 5.53. The Labute approximate surface area is 248 Å². The molecule has 0 saturated carbocycles. The molecular formula is C28H22BBrCl2N6O2. The average molecular weight is 636 g/mol. The number of nitrogens with two attached hydrogens (primary N) is 2. The SMILES string of the molecule is Clc1ncc2cccc(Br)c2n1.Nc1cccc(-c2cccc3cnc(Cl)nc23)c1.Nc1cccc(B(O)O)c1. The number of para-hydroxylation sites is 2. The molecule has 0 aliphatic carbocycles. The molecule has 6 N–H and O–H groups in total. The number of rotatable bonds is 2. The molecule has 0 aliphatic rings. The zero-order valence-corrected chi connectivity index (χ0v) is 23.9. The average Bonchev–Trinajstić information content (AvgIpc) is 2.94. The zero-order valence-electron chi connectivity index (χ0n) is 20.8. The van der Waals surface area contributed by atoms with Gasteiger partial charge in [-0.2, -0.15) is 0 Å². The number of anilines is 2. The maximum absolute atomic E-state index is 8.65. The molecule has 6 aromatic rings. The molecule has 12 heteroatoms. The molecule has 0 amide bonds. The number of benzene rings is 4. The summed E-state index contributed by atoms with van der Waals surface area (Å²) in [6.45, 7) is 0. The van der Waals surface area contributed by atoms with E-state index in [4.69, 9.17) is 44.7 Å². The van der Waals surface area contributed by atoms with Crippen LogP contribution in [0.5, 0.6) is 0 Å². The molecule has 0 bridgehead atoms. The van der Waals surface area contributed by atoms with Crippen LogP contribution >= 0.6 is 39.1 Å². The summed E-state index contributed by atoms with van der Waals surface area (Å²) in [5.74, 6) is 0. The minimum atomic E-state index is -1.43. The summed E-state index contributed by atoms with van der Waals surface area (Å²) in [7, 11) is -1.43. The van der Waals surface area contributed by atoms with Crippen molar-refractivity contribution in [3.05, 3.63) is 112 Å². The summed E-state index contributed by atoms with van der Waals surface area (Å²) in [4.78, 5) is 16.2. The van der Waals surface area contributed by atoms with Gasteiger partial charge in [0.05, 0.1) is 11.0 Å². The number of fused-ring (bicyclic) bond motifs is 2. The van der Waals surface area contributed by atoms with Crippen molar-refractivity contribution in [2.75, 3.05) is 11.5 Å². The molecular weight excluding hydrogens is 614 g/mol. The summed E-state index contributed by atoms with van der Waals surface area (Å²) >= 11 is 14.9. The first-order chi connectivity index (χ1) is 19.2. The highest BCUT2D eigenvalue weighted by Gasteiger charge is 2.09. The zero-order chi connectivity index (χ0) is 28.6. The molecule has 0 spiro atoms. The van der Waals surface area contributed by atoms with Crippen molar-refractivity contribution in [1.82, 2.24) is 19.9 Å². The van der Waals surface area contributed by atoms with Crippen LogP contribution in [-0.2, 0) is 0 Å². The lowest BCUT2D eigenvalue weighted by Crippen LogP contribution is -2.29. The second kappa shape index (κ2) is 13.5. The normalized spacial score (nSPS) is 10.3. The largest absolute Gasteiger partial charge is 0.488 e. The number of halogens is 3. The Morgan fingerprint density at radius 3 is 1.82 bits per heavy atom. The van der Waals surface area contributed by atoms with Crippen molar-refractivity contribution in [2.45, 2.75) is 0 Å². The number of nitrogens with zero attached hydrogens (tertiary/aromatic N) is 4. The molecule has 0 aliphatic heterocycles. The van der Waals surface area contributed by atoms with Crippen molar-refractivity contribution in [1.29, 1.82) is 0 Å². The first-order valence-electron chi connectivity index (χ1n) is 11.8. The minimum absolute atomic E-state index is 0.249. The van der Waals surface area contributed by atoms with Gasteiger partial charge in [0.1, 0.15) is 0 Å². The van der Waals surface area contributed by atoms with Crippen LogP contribution in [0.15, 0.2) is 102 Å². The summed E-state index contributed by atoms with van der Waals surface area (Å²) in [5.41, 5.74) is 16.6. The lowest BCUT2D eigenvalue weighted by molar-refractivity contribution is 0.426. The number of aromatic nitrogens is 4. The van der Waals surface area contributed by atoms with Gasteiger partial charge in [-0.1, -0.05) is 54.6 Å². The third-order valence-electron chi connectivity index (χ3n) is 5.52. The van der Waals surface area contributed by atoms with Gasteiger partial charge in [0.2, 0.25) is 10.6 Å². The van der Waals surface area contributed by atoms with Gasteiger partial charge >= 0.3 is 7.12 Å². The molecule has 0 saturated heterocycles. The van der Waals surface area contributed by atoms with E-state index < -0.39 is 7.12 Å². The lowest BCUT2D eigenvalue weighted by atomic mass is 9.80. The van der Waals surface area contributed by atoms with Crippen molar-refractivity contribution in [3.63, 3.8) is 0 Å². The van der Waals surface area contributed by atoms with Crippen molar-refractivity contribution in [3.8, 4) is 11.1 Å². The minimum Gasteiger partial charge on any atom is -0.423 e. The molecule has 0 unspecified atom stereocenters. The third-order valence-corrected chi connectivity index (χ3v) is 6.52. The molecule has 4 aromatic carbocycles. The topological polar surface area (TPSA) is 144 Å². The second-order valence-electron chi connectivity index (χ2n) is 8.37. The van der Waals surface area contributed by atoms with Crippen LogP contribution in [-0.4, -0.2) is 37.1 Å². The Kier molecular flexibility index (Phi) is 9.86. The molecule has 40 heavy (non-hydrogen) atoms. The summed E-state index contributed by atoms with van der Waals surface area (Å²) in [6.07, 6.45) is 3.43. The highest BCUT2D eigenvalue weighted by atomic mass is 79.9. The van der Waals surface area contributed by atoms with Crippen LogP contribution in [0.4, 0.5) is 11.4 Å². The predicted molar refractivity (Wildman–Crippen MR) is 167 cm³/mol. The van der Waals surface area contributed by atoms with Gasteiger partial charge < -0.3 is 21.5 Å². The van der Waals surface area contributed by atoms with Gasteiger partial charge in [-0.3, -0.25) is 0 Å². The highest BCUT2D eigenvalue weighted by Crippen LogP contribution is 2.28. The molecule has 0 radical (unpaired) electrons. The first kappa shape index (κ1) is 29.2. The fourth-order valence-electron chi connectivity index (χ4n) is 3.69. The monoisotopic (exact) mass is 634 g/mol. The van der Waals surface area contributed by atoms with Gasteiger partial charge in [0.15, 0.2) is 0 Å². The summed E-state index contributed by atoms with van der Waals surface area (Å²) in [6, 6.07) is 25.9. The highest BCUT2D eigenvalue weighted by molar-refractivity contribution is 9.10. The van der Waals surface area contributed by atoms with E-state index in [0.717, 1.165) is 43.1 Å². The van der Waals surface area contributed by atoms with Crippen LogP contribution in [0.1, 0.15) is 0 Å². The Balaban J connectivity index is 0.000000147. The van der Waals surface area contributed by atoms with Crippen LogP contribution in [0.25, 0.3) is 32.9 Å². The van der Waals surface area contributed by atoms with E-state index in [1.807, 2.05) is 60.7 Å². The summed E-state index contributed by atoms with van der Waals surface area (Å²) < 4.78 is 0.935. The summed E-state index contributed by atoms with van der Waals surface area (Å²) in [5, 5.41) is 19.8. The Morgan fingerprint density at radius 1 is 0.675 bits per heavy atom. The molecule has 0 fully saturated rings. The Morgan fingerprint density at radius 2 is 1.23 bits per heavy atom. The number of hydrogen-bond acceptors (Lipinski definition) is 8. The number of hydrogen-bond donors (Lipinski definition) is 4. The maximum atomic E-state index is 8.65. The van der Waals surface area contributed by atoms with Crippen LogP contribution < -0.4 is 16.9 Å².